The number of ether oxygens (including phenoxy) is 1. The molecule has 0 radical (unpaired) electrons. The summed E-state index contributed by atoms with van der Waals surface area (Å²) in [5.41, 5.74) is 9.65. The van der Waals surface area contributed by atoms with E-state index in [-0.39, 0.29) is 11.1 Å². The molecular weight excluding hydrogens is 420 g/mol. The lowest BCUT2D eigenvalue weighted by molar-refractivity contribution is 0.161. The number of nitrogens with one attached hydrogen (secondary N) is 2. The minimum atomic E-state index is 0.0621. The summed E-state index contributed by atoms with van der Waals surface area (Å²) in [4.78, 5) is 2.27. The van der Waals surface area contributed by atoms with Crippen LogP contribution >= 0.6 is 11.3 Å². The van der Waals surface area contributed by atoms with Crippen LogP contribution in [0, 0.1) is 5.41 Å². The Morgan fingerprint density at radius 3 is 2.34 bits per heavy atom. The van der Waals surface area contributed by atoms with Gasteiger partial charge in [0.25, 0.3) is 0 Å². The van der Waals surface area contributed by atoms with Gasteiger partial charge in [0.2, 0.25) is 5.13 Å². The zero-order chi connectivity index (χ0) is 23.8. The smallest absolute Gasteiger partial charge is 0.208 e. The predicted molar refractivity (Wildman–Crippen MR) is 135 cm³/mol. The van der Waals surface area contributed by atoms with Crippen LogP contribution in [0.1, 0.15) is 59.9 Å². The van der Waals surface area contributed by atoms with Crippen LogP contribution in [0.3, 0.4) is 0 Å². The van der Waals surface area contributed by atoms with Crippen molar-refractivity contribution >= 4 is 27.8 Å². The number of allylic oxidation sites excluding steroid dienone is 2. The largest absolute Gasteiger partial charge is 0.496 e. The van der Waals surface area contributed by atoms with Gasteiger partial charge in [0.15, 0.2) is 5.01 Å². The molecule has 2 aromatic rings. The molecule has 174 valence electrons. The van der Waals surface area contributed by atoms with Gasteiger partial charge in [-0.3, -0.25) is 0 Å². The highest BCUT2D eigenvalue weighted by Gasteiger charge is 2.39. The van der Waals surface area contributed by atoms with Crippen molar-refractivity contribution in [2.75, 3.05) is 19.1 Å². The number of nitrogens with zero attached hydrogens (tertiary/aromatic N) is 3. The molecule has 1 saturated heterocycles. The van der Waals surface area contributed by atoms with Crippen LogP contribution < -0.4 is 20.7 Å². The summed E-state index contributed by atoms with van der Waals surface area (Å²) in [5, 5.41) is 22.5. The van der Waals surface area contributed by atoms with E-state index in [1.165, 1.54) is 0 Å². The maximum absolute atomic E-state index is 8.06. The van der Waals surface area contributed by atoms with E-state index in [2.05, 4.69) is 55.2 Å². The first kappa shape index (κ1) is 24.2. The number of aromatic nitrogens is 2. The Morgan fingerprint density at radius 1 is 1.19 bits per heavy atom. The number of anilines is 1. The van der Waals surface area contributed by atoms with Crippen molar-refractivity contribution in [3.05, 3.63) is 29.5 Å². The summed E-state index contributed by atoms with van der Waals surface area (Å²) in [5.74, 6) is 0.692. The molecule has 7 nitrogen and oxygen atoms in total. The van der Waals surface area contributed by atoms with E-state index in [4.69, 9.17) is 15.9 Å². The minimum Gasteiger partial charge on any atom is -0.496 e. The second-order valence-electron chi connectivity index (χ2n) is 10.1. The van der Waals surface area contributed by atoms with Gasteiger partial charge in [-0.15, -0.1) is 10.2 Å². The summed E-state index contributed by atoms with van der Waals surface area (Å²) < 4.78 is 5.67. The number of benzene rings is 1. The molecule has 3 rings (SSSR count). The van der Waals surface area contributed by atoms with E-state index in [0.29, 0.717) is 23.2 Å². The number of hydrogen-bond acceptors (Lipinski definition) is 8. The third-order valence-corrected chi connectivity index (χ3v) is 6.97. The lowest BCUT2D eigenvalue weighted by Gasteiger charge is -2.48. The van der Waals surface area contributed by atoms with E-state index in [1.54, 1.807) is 25.4 Å². The van der Waals surface area contributed by atoms with E-state index in [9.17, 15) is 0 Å². The Kier molecular flexibility index (Phi) is 6.67. The van der Waals surface area contributed by atoms with Crippen LogP contribution in [-0.4, -0.2) is 47.2 Å². The number of hydrogen-bond donors (Lipinski definition) is 3. The third-order valence-electron chi connectivity index (χ3n) is 5.92. The van der Waals surface area contributed by atoms with Crippen molar-refractivity contribution in [3.8, 4) is 16.3 Å². The molecule has 0 atom stereocenters. The monoisotopic (exact) mass is 456 g/mol. The Hall–Kier alpha value is -2.45. The Bertz CT molecular complexity index is 1020. The standard InChI is InChI=1S/C24H36N6OS/c1-14(25)20(15(2)26)16-9-10-18(19(11-16)31-8)21-27-28-22(32-21)30(7)17-12-23(3,4)29-24(5,6)13-17/h9-11,17,25,29H,12-13,26H2,1-8H3/b20-15+,25-14?. The fourth-order valence-electron chi connectivity index (χ4n) is 4.93. The van der Waals surface area contributed by atoms with Crippen LogP contribution in [0.2, 0.25) is 0 Å². The molecule has 0 bridgehead atoms. The second-order valence-corrected chi connectivity index (χ2v) is 11.0. The maximum Gasteiger partial charge on any atom is 0.208 e. The fourth-order valence-corrected chi connectivity index (χ4v) is 5.84. The molecule has 1 fully saturated rings. The first-order chi connectivity index (χ1) is 14.8. The van der Waals surface area contributed by atoms with Gasteiger partial charge in [0, 0.05) is 41.1 Å². The molecule has 4 N–H and O–H groups in total. The van der Waals surface area contributed by atoms with E-state index >= 15 is 0 Å². The summed E-state index contributed by atoms with van der Waals surface area (Å²) in [6, 6.07) is 6.23. The molecule has 32 heavy (non-hydrogen) atoms. The molecular formula is C24H36N6OS. The topological polar surface area (TPSA) is 100 Å². The normalized spacial score (nSPS) is 18.8. The third kappa shape index (κ3) is 5.13. The highest BCUT2D eigenvalue weighted by atomic mass is 32.1. The number of rotatable bonds is 6. The molecule has 0 aliphatic carbocycles. The zero-order valence-electron chi connectivity index (χ0n) is 20.5. The van der Waals surface area contributed by atoms with Gasteiger partial charge in [-0.25, -0.2) is 0 Å². The van der Waals surface area contributed by atoms with Gasteiger partial charge in [-0.05, 0) is 72.1 Å². The molecule has 0 spiro atoms. The number of piperidine rings is 1. The summed E-state index contributed by atoms with van der Waals surface area (Å²) in [6.07, 6.45) is 2.08. The fraction of sp³-hybridized carbons (Fsp3) is 0.542. The van der Waals surface area contributed by atoms with E-state index in [0.717, 1.165) is 39.7 Å². The highest BCUT2D eigenvalue weighted by molar-refractivity contribution is 7.18. The predicted octanol–water partition coefficient (Wildman–Crippen LogP) is 4.69. The van der Waals surface area contributed by atoms with Crippen molar-refractivity contribution in [3.63, 3.8) is 0 Å². The first-order valence-corrected chi connectivity index (χ1v) is 11.7. The molecule has 1 aromatic carbocycles. The molecule has 0 amide bonds. The summed E-state index contributed by atoms with van der Waals surface area (Å²) in [6.45, 7) is 12.6. The first-order valence-electron chi connectivity index (χ1n) is 10.9. The van der Waals surface area contributed by atoms with Crippen LogP contribution in [0.4, 0.5) is 5.13 Å². The Balaban J connectivity index is 1.91. The van der Waals surface area contributed by atoms with Crippen molar-refractivity contribution in [2.45, 2.75) is 71.5 Å². The molecule has 8 heteroatoms. The van der Waals surface area contributed by atoms with E-state index < -0.39 is 0 Å². The van der Waals surface area contributed by atoms with Crippen LogP contribution in [0.25, 0.3) is 16.1 Å². The molecule has 2 heterocycles. The lowest BCUT2D eigenvalue weighted by Crippen LogP contribution is -2.61. The van der Waals surface area contributed by atoms with Gasteiger partial charge in [0.1, 0.15) is 5.75 Å². The van der Waals surface area contributed by atoms with Crippen LogP contribution in [0.5, 0.6) is 5.75 Å². The van der Waals surface area contributed by atoms with Crippen molar-refractivity contribution in [1.29, 1.82) is 5.41 Å². The Morgan fingerprint density at radius 2 is 1.81 bits per heavy atom. The number of nitrogens with two attached hydrogens (primary N) is 1. The van der Waals surface area contributed by atoms with Gasteiger partial charge in [0.05, 0.1) is 12.7 Å². The maximum atomic E-state index is 8.06. The quantitative estimate of drug-likeness (QED) is 0.545. The highest BCUT2D eigenvalue weighted by Crippen LogP contribution is 2.39. The summed E-state index contributed by atoms with van der Waals surface area (Å²) in [7, 11) is 3.76. The second kappa shape index (κ2) is 8.83. The van der Waals surface area contributed by atoms with E-state index in [1.807, 2.05) is 25.1 Å². The van der Waals surface area contributed by atoms with Gasteiger partial charge >= 0.3 is 0 Å². The zero-order valence-corrected chi connectivity index (χ0v) is 21.3. The van der Waals surface area contributed by atoms with Gasteiger partial charge in [-0.1, -0.05) is 17.4 Å². The molecule has 1 aliphatic rings. The molecule has 0 unspecified atom stereocenters. The van der Waals surface area contributed by atoms with Crippen molar-refractivity contribution < 1.29 is 4.74 Å². The van der Waals surface area contributed by atoms with Crippen LogP contribution in [0.15, 0.2) is 23.9 Å². The SMILES string of the molecule is COc1cc(/C(C(C)=N)=C(\C)N)ccc1-c1nnc(N(C)C2CC(C)(C)NC(C)(C)C2)s1. The Labute approximate surface area is 195 Å². The van der Waals surface area contributed by atoms with Gasteiger partial charge < -0.3 is 26.1 Å². The average molecular weight is 457 g/mol. The van der Waals surface area contributed by atoms with Crippen molar-refractivity contribution in [1.82, 2.24) is 15.5 Å². The van der Waals surface area contributed by atoms with Crippen molar-refractivity contribution in [2.24, 2.45) is 5.73 Å². The molecule has 0 saturated carbocycles. The lowest BCUT2D eigenvalue weighted by atomic mass is 9.79. The minimum absolute atomic E-state index is 0.0621. The average Bonchev–Trinajstić information content (AvgIpc) is 3.14. The molecule has 1 aromatic heterocycles. The molecule has 1 aliphatic heterocycles. The van der Waals surface area contributed by atoms with Gasteiger partial charge in [-0.2, -0.15) is 0 Å². The number of methoxy groups -OCH3 is 1. The van der Waals surface area contributed by atoms with Crippen LogP contribution in [-0.2, 0) is 0 Å². The summed E-state index contributed by atoms with van der Waals surface area (Å²) >= 11 is 1.57.